The van der Waals surface area contributed by atoms with E-state index in [-0.39, 0.29) is 5.91 Å². The van der Waals surface area contributed by atoms with Gasteiger partial charge in [-0.25, -0.2) is 0 Å². The molecule has 3 aromatic rings. The van der Waals surface area contributed by atoms with Crippen molar-refractivity contribution in [1.82, 2.24) is 19.7 Å². The predicted octanol–water partition coefficient (Wildman–Crippen LogP) is 4.02. The lowest BCUT2D eigenvalue weighted by molar-refractivity contribution is -0.132. The molecule has 5 nitrogen and oxygen atoms in total. The zero-order chi connectivity index (χ0) is 18.5. The van der Waals surface area contributed by atoms with Crippen molar-refractivity contribution < 1.29 is 4.79 Å². The quantitative estimate of drug-likeness (QED) is 0.622. The van der Waals surface area contributed by atoms with E-state index in [0.717, 1.165) is 35.5 Å². The third-order valence-electron chi connectivity index (χ3n) is 5.18. The Labute approximate surface area is 163 Å². The van der Waals surface area contributed by atoms with Gasteiger partial charge in [-0.05, 0) is 42.5 Å². The van der Waals surface area contributed by atoms with Gasteiger partial charge in [-0.2, -0.15) is 5.10 Å². The first-order chi connectivity index (χ1) is 13.3. The van der Waals surface area contributed by atoms with Gasteiger partial charge in [0.05, 0.1) is 18.7 Å². The maximum absolute atomic E-state index is 12.9. The van der Waals surface area contributed by atoms with Crippen molar-refractivity contribution in [3.63, 3.8) is 0 Å². The fourth-order valence-corrected chi connectivity index (χ4v) is 4.46. The van der Waals surface area contributed by atoms with Crippen molar-refractivity contribution in [2.45, 2.75) is 44.7 Å². The number of hydrogen-bond donors (Lipinski definition) is 0. The number of hydrogen-bond acceptors (Lipinski definition) is 4. The minimum absolute atomic E-state index is 0.242. The van der Waals surface area contributed by atoms with E-state index in [4.69, 9.17) is 0 Å². The van der Waals surface area contributed by atoms with Gasteiger partial charge in [-0.15, -0.1) is 11.3 Å². The number of thiophene rings is 1. The Hall–Kier alpha value is -2.47. The molecule has 27 heavy (non-hydrogen) atoms. The highest BCUT2D eigenvalue weighted by Crippen LogP contribution is 2.25. The van der Waals surface area contributed by atoms with E-state index >= 15 is 0 Å². The summed E-state index contributed by atoms with van der Waals surface area (Å²) >= 11 is 1.66. The van der Waals surface area contributed by atoms with Crippen LogP contribution in [-0.4, -0.2) is 38.2 Å². The molecule has 0 saturated heterocycles. The average Bonchev–Trinajstić information content (AvgIpc) is 3.46. The number of amides is 1. The molecule has 1 aliphatic carbocycles. The maximum atomic E-state index is 12.9. The van der Waals surface area contributed by atoms with Crippen LogP contribution in [0.1, 0.15) is 30.6 Å². The van der Waals surface area contributed by atoms with Crippen LogP contribution in [0.4, 0.5) is 0 Å². The summed E-state index contributed by atoms with van der Waals surface area (Å²) in [6, 6.07) is 10.4. The summed E-state index contributed by atoms with van der Waals surface area (Å²) in [6.07, 6.45) is 10.7. The molecular formula is C21H24N4OS. The second-order valence-electron chi connectivity index (χ2n) is 6.98. The lowest BCUT2D eigenvalue weighted by atomic mass is 10.2. The Morgan fingerprint density at radius 2 is 2.00 bits per heavy atom. The summed E-state index contributed by atoms with van der Waals surface area (Å²) in [5, 5.41) is 6.70. The molecule has 0 unspecified atom stereocenters. The van der Waals surface area contributed by atoms with Gasteiger partial charge in [-0.1, -0.05) is 18.9 Å². The van der Waals surface area contributed by atoms with Crippen LogP contribution in [0.15, 0.2) is 54.3 Å². The molecule has 0 spiro atoms. The molecule has 1 amide bonds. The molecule has 0 radical (unpaired) electrons. The number of rotatable bonds is 7. The number of nitrogens with zero attached hydrogens (tertiary/aromatic N) is 4. The van der Waals surface area contributed by atoms with E-state index in [2.05, 4.69) is 15.0 Å². The van der Waals surface area contributed by atoms with Crippen LogP contribution in [0.2, 0.25) is 0 Å². The highest BCUT2D eigenvalue weighted by Gasteiger charge is 2.26. The van der Waals surface area contributed by atoms with Crippen molar-refractivity contribution in [1.29, 1.82) is 0 Å². The highest BCUT2D eigenvalue weighted by atomic mass is 32.1. The predicted molar refractivity (Wildman–Crippen MR) is 107 cm³/mol. The van der Waals surface area contributed by atoms with Crippen LogP contribution in [0.5, 0.6) is 0 Å². The van der Waals surface area contributed by atoms with Crippen molar-refractivity contribution in [3.8, 4) is 11.3 Å². The molecule has 0 bridgehead atoms. The van der Waals surface area contributed by atoms with E-state index in [9.17, 15) is 4.79 Å². The Balaban J connectivity index is 1.42. The number of carbonyl (C=O) groups is 1. The van der Waals surface area contributed by atoms with Crippen LogP contribution in [0.25, 0.3) is 11.3 Å². The van der Waals surface area contributed by atoms with Crippen molar-refractivity contribution in [2.24, 2.45) is 0 Å². The summed E-state index contributed by atoms with van der Waals surface area (Å²) in [5.74, 6) is 0.242. The zero-order valence-corrected chi connectivity index (χ0v) is 16.1. The molecule has 140 valence electrons. The zero-order valence-electron chi connectivity index (χ0n) is 15.3. The van der Waals surface area contributed by atoms with Gasteiger partial charge < -0.3 is 4.90 Å². The van der Waals surface area contributed by atoms with Crippen LogP contribution in [0.3, 0.4) is 0 Å². The van der Waals surface area contributed by atoms with Crippen LogP contribution in [-0.2, 0) is 17.8 Å². The van der Waals surface area contributed by atoms with Crippen molar-refractivity contribution in [3.05, 3.63) is 59.2 Å². The smallest absolute Gasteiger partial charge is 0.228 e. The molecule has 4 rings (SSSR count). The van der Waals surface area contributed by atoms with Gasteiger partial charge in [0, 0.05) is 41.6 Å². The third kappa shape index (κ3) is 4.45. The molecule has 3 heterocycles. The molecule has 1 saturated carbocycles. The SMILES string of the molecule is O=C(Cc1cccs1)N(CCn1ccc(-c2ccncc2)n1)C1CCCC1. The average molecular weight is 381 g/mol. The molecule has 0 aromatic carbocycles. The molecule has 1 aliphatic rings. The first kappa shape index (κ1) is 17.9. The highest BCUT2D eigenvalue weighted by molar-refractivity contribution is 7.10. The number of carbonyl (C=O) groups excluding carboxylic acids is 1. The Morgan fingerprint density at radius 3 is 2.74 bits per heavy atom. The standard InChI is InChI=1S/C21H24N4OS/c26-21(16-19-6-3-15-27-19)25(18-4-1-2-5-18)14-13-24-12-9-20(23-24)17-7-10-22-11-8-17/h3,6-12,15,18H,1-2,4-5,13-14,16H2. The number of aromatic nitrogens is 3. The Kier molecular flexibility index (Phi) is 5.63. The van der Waals surface area contributed by atoms with Gasteiger partial charge in [0.2, 0.25) is 5.91 Å². The Morgan fingerprint density at radius 1 is 1.19 bits per heavy atom. The van der Waals surface area contributed by atoms with Gasteiger partial charge in [0.1, 0.15) is 0 Å². The van der Waals surface area contributed by atoms with Crippen LogP contribution < -0.4 is 0 Å². The topological polar surface area (TPSA) is 51.0 Å². The van der Waals surface area contributed by atoms with Gasteiger partial charge in [0.15, 0.2) is 0 Å². The fraction of sp³-hybridized carbons (Fsp3) is 0.381. The second-order valence-corrected chi connectivity index (χ2v) is 8.01. The molecule has 0 aliphatic heterocycles. The normalized spacial score (nSPS) is 14.5. The van der Waals surface area contributed by atoms with E-state index in [0.29, 0.717) is 19.0 Å². The first-order valence-electron chi connectivity index (χ1n) is 9.55. The van der Waals surface area contributed by atoms with E-state index in [1.54, 1.807) is 23.7 Å². The lowest BCUT2D eigenvalue weighted by Crippen LogP contribution is -2.41. The largest absolute Gasteiger partial charge is 0.338 e. The third-order valence-corrected chi connectivity index (χ3v) is 6.05. The summed E-state index contributed by atoms with van der Waals surface area (Å²) < 4.78 is 1.94. The summed E-state index contributed by atoms with van der Waals surface area (Å²) in [6.45, 7) is 1.43. The minimum Gasteiger partial charge on any atom is -0.338 e. The number of pyridine rings is 1. The monoisotopic (exact) mass is 380 g/mol. The molecule has 0 N–H and O–H groups in total. The van der Waals surface area contributed by atoms with Gasteiger partial charge in [-0.3, -0.25) is 14.5 Å². The van der Waals surface area contributed by atoms with Crippen molar-refractivity contribution >= 4 is 17.2 Å². The van der Waals surface area contributed by atoms with Gasteiger partial charge >= 0.3 is 0 Å². The molecule has 6 heteroatoms. The Bertz CT molecular complexity index is 853. The summed E-state index contributed by atoms with van der Waals surface area (Å²) in [4.78, 5) is 20.2. The van der Waals surface area contributed by atoms with E-state index in [1.165, 1.54) is 12.8 Å². The molecule has 1 fully saturated rings. The molecular weight excluding hydrogens is 356 g/mol. The lowest BCUT2D eigenvalue weighted by Gasteiger charge is -2.29. The molecule has 0 atom stereocenters. The first-order valence-corrected chi connectivity index (χ1v) is 10.4. The minimum atomic E-state index is 0.242. The van der Waals surface area contributed by atoms with Crippen LogP contribution in [0, 0.1) is 0 Å². The molecule has 3 aromatic heterocycles. The second kappa shape index (κ2) is 8.48. The summed E-state index contributed by atoms with van der Waals surface area (Å²) in [5.41, 5.74) is 2.00. The fourth-order valence-electron chi connectivity index (χ4n) is 3.76. The van der Waals surface area contributed by atoms with E-state index in [1.807, 2.05) is 46.6 Å². The van der Waals surface area contributed by atoms with Crippen LogP contribution >= 0.6 is 11.3 Å². The van der Waals surface area contributed by atoms with Crippen molar-refractivity contribution in [2.75, 3.05) is 6.54 Å². The maximum Gasteiger partial charge on any atom is 0.228 e. The summed E-state index contributed by atoms with van der Waals surface area (Å²) in [7, 11) is 0. The van der Waals surface area contributed by atoms with Gasteiger partial charge in [0.25, 0.3) is 0 Å². The van der Waals surface area contributed by atoms with E-state index < -0.39 is 0 Å².